The quantitative estimate of drug-likeness (QED) is 0.721. The van der Waals surface area contributed by atoms with E-state index in [1.165, 1.54) is 12.3 Å². The smallest absolute Gasteiger partial charge is 0.220 e. The molecule has 2 aromatic rings. The van der Waals surface area contributed by atoms with Gasteiger partial charge in [-0.1, -0.05) is 6.92 Å². The van der Waals surface area contributed by atoms with E-state index < -0.39 is 11.6 Å². The number of hydrogen-bond donors (Lipinski definition) is 2. The van der Waals surface area contributed by atoms with Crippen LogP contribution in [0.2, 0.25) is 0 Å². The summed E-state index contributed by atoms with van der Waals surface area (Å²) in [6.07, 6.45) is 4.05. The number of piperidine rings is 1. The maximum Gasteiger partial charge on any atom is 0.220 e. The molecule has 1 aromatic heterocycles. The lowest BCUT2D eigenvalue weighted by Crippen LogP contribution is -2.42. The van der Waals surface area contributed by atoms with Gasteiger partial charge in [-0.3, -0.25) is 4.79 Å². The van der Waals surface area contributed by atoms with Crippen LogP contribution in [0.15, 0.2) is 28.8 Å². The summed E-state index contributed by atoms with van der Waals surface area (Å²) in [6, 6.07) is 3.27. The van der Waals surface area contributed by atoms with Crippen LogP contribution >= 0.6 is 24.8 Å². The highest BCUT2D eigenvalue weighted by Gasteiger charge is 2.27. The molecule has 1 aliphatic heterocycles. The van der Waals surface area contributed by atoms with Crippen molar-refractivity contribution in [1.82, 2.24) is 15.6 Å². The SMILES string of the molecule is CC1(CNC(=O)CCc2ncc(-c3ccc(F)cc3F)o2)CCNCC1.Cl.Cl. The van der Waals surface area contributed by atoms with Crippen LogP contribution in [0.25, 0.3) is 11.3 Å². The summed E-state index contributed by atoms with van der Waals surface area (Å²) in [5, 5.41) is 6.30. The van der Waals surface area contributed by atoms with Gasteiger partial charge in [0.25, 0.3) is 0 Å². The summed E-state index contributed by atoms with van der Waals surface area (Å²) in [5.74, 6) is -0.838. The minimum atomic E-state index is -0.708. The number of benzene rings is 1. The molecule has 1 aliphatic rings. The predicted molar refractivity (Wildman–Crippen MR) is 108 cm³/mol. The van der Waals surface area contributed by atoms with E-state index in [-0.39, 0.29) is 53.9 Å². The highest BCUT2D eigenvalue weighted by atomic mass is 35.5. The van der Waals surface area contributed by atoms with Gasteiger partial charge in [-0.25, -0.2) is 13.8 Å². The molecule has 0 spiro atoms. The van der Waals surface area contributed by atoms with Crippen LogP contribution in [0.4, 0.5) is 8.78 Å². The molecule has 0 unspecified atom stereocenters. The van der Waals surface area contributed by atoms with Gasteiger partial charge in [-0.15, -0.1) is 24.8 Å². The Labute approximate surface area is 175 Å². The maximum absolute atomic E-state index is 13.8. The number of aromatic nitrogens is 1. The lowest BCUT2D eigenvalue weighted by Gasteiger charge is -2.34. The lowest BCUT2D eigenvalue weighted by molar-refractivity contribution is -0.121. The normalized spacial score (nSPS) is 15.2. The van der Waals surface area contributed by atoms with Crippen molar-refractivity contribution < 1.29 is 18.0 Å². The van der Waals surface area contributed by atoms with Gasteiger partial charge in [0.1, 0.15) is 11.6 Å². The largest absolute Gasteiger partial charge is 0.441 e. The zero-order chi connectivity index (χ0) is 18.6. The minimum absolute atomic E-state index is 0. The number of halogens is 4. The van der Waals surface area contributed by atoms with Crippen LogP contribution in [0.3, 0.4) is 0 Å². The number of nitrogens with zero attached hydrogens (tertiary/aromatic N) is 1. The molecule has 28 heavy (non-hydrogen) atoms. The Morgan fingerprint density at radius 1 is 1.29 bits per heavy atom. The molecule has 0 bridgehead atoms. The molecule has 0 aliphatic carbocycles. The second-order valence-corrected chi connectivity index (χ2v) is 7.08. The summed E-state index contributed by atoms with van der Waals surface area (Å²) >= 11 is 0. The summed E-state index contributed by atoms with van der Waals surface area (Å²) in [4.78, 5) is 16.1. The highest BCUT2D eigenvalue weighted by Crippen LogP contribution is 2.27. The third-order valence-electron chi connectivity index (χ3n) is 4.84. The van der Waals surface area contributed by atoms with E-state index in [0.29, 0.717) is 18.9 Å². The molecule has 2 heterocycles. The third-order valence-corrected chi connectivity index (χ3v) is 4.84. The van der Waals surface area contributed by atoms with Gasteiger partial charge in [0.2, 0.25) is 5.91 Å². The zero-order valence-corrected chi connectivity index (χ0v) is 17.2. The Morgan fingerprint density at radius 3 is 2.68 bits per heavy atom. The van der Waals surface area contributed by atoms with Gasteiger partial charge in [0.15, 0.2) is 11.7 Å². The second kappa shape index (κ2) is 10.7. The summed E-state index contributed by atoms with van der Waals surface area (Å²) < 4.78 is 32.2. The molecule has 156 valence electrons. The maximum atomic E-state index is 13.8. The first-order chi connectivity index (χ1) is 12.5. The van der Waals surface area contributed by atoms with E-state index in [4.69, 9.17) is 4.42 Å². The van der Waals surface area contributed by atoms with Crippen LogP contribution in [0.5, 0.6) is 0 Å². The average Bonchev–Trinajstić information content (AvgIpc) is 3.07. The number of oxazole rings is 1. The Balaban J connectivity index is 0.00000196. The Morgan fingerprint density at radius 2 is 2.00 bits per heavy atom. The number of hydrogen-bond acceptors (Lipinski definition) is 4. The second-order valence-electron chi connectivity index (χ2n) is 7.08. The molecule has 1 aromatic carbocycles. The first kappa shape index (κ1) is 24.3. The molecule has 0 radical (unpaired) electrons. The fourth-order valence-electron chi connectivity index (χ4n) is 3.07. The number of aryl methyl sites for hydroxylation is 1. The lowest BCUT2D eigenvalue weighted by atomic mass is 9.81. The van der Waals surface area contributed by atoms with E-state index in [2.05, 4.69) is 22.5 Å². The van der Waals surface area contributed by atoms with Crippen molar-refractivity contribution in [1.29, 1.82) is 0 Å². The Kier molecular flexibility index (Phi) is 9.33. The molecule has 2 N–H and O–H groups in total. The Bertz CT molecular complexity index is 780. The highest BCUT2D eigenvalue weighted by molar-refractivity contribution is 5.85. The van der Waals surface area contributed by atoms with E-state index in [1.54, 1.807) is 0 Å². The number of carbonyl (C=O) groups is 1. The molecule has 0 atom stereocenters. The monoisotopic (exact) mass is 435 g/mol. The standard InChI is InChI=1S/C19H23F2N3O2.2ClH/c1-19(6-8-22-9-7-19)12-24-17(25)4-5-18-23-11-16(26-18)14-3-2-13(20)10-15(14)21;;/h2-3,10-11,22H,4-9,12H2,1H3,(H,24,25);2*1H. The summed E-state index contributed by atoms with van der Waals surface area (Å²) in [7, 11) is 0. The predicted octanol–water partition coefficient (Wildman–Crippen LogP) is 3.90. The minimum Gasteiger partial charge on any atom is -0.441 e. The van der Waals surface area contributed by atoms with Gasteiger partial charge in [0.05, 0.1) is 11.8 Å². The molecule has 1 saturated heterocycles. The van der Waals surface area contributed by atoms with Gasteiger partial charge < -0.3 is 15.1 Å². The molecular weight excluding hydrogens is 411 g/mol. The summed E-state index contributed by atoms with van der Waals surface area (Å²) in [5.41, 5.74) is 0.283. The number of rotatable bonds is 6. The van der Waals surface area contributed by atoms with Crippen LogP contribution in [0.1, 0.15) is 32.1 Å². The molecule has 1 amide bonds. The number of nitrogens with one attached hydrogen (secondary N) is 2. The van der Waals surface area contributed by atoms with Crippen LogP contribution in [-0.2, 0) is 11.2 Å². The van der Waals surface area contributed by atoms with Crippen molar-refractivity contribution in [3.05, 3.63) is 41.9 Å². The molecule has 0 saturated carbocycles. The van der Waals surface area contributed by atoms with Gasteiger partial charge in [-0.05, 0) is 43.5 Å². The van der Waals surface area contributed by atoms with Crippen molar-refractivity contribution in [2.24, 2.45) is 5.41 Å². The zero-order valence-electron chi connectivity index (χ0n) is 15.6. The van der Waals surface area contributed by atoms with E-state index in [9.17, 15) is 13.6 Å². The van der Waals surface area contributed by atoms with E-state index in [0.717, 1.165) is 38.1 Å². The Hall–Kier alpha value is -1.70. The van der Waals surface area contributed by atoms with Crippen molar-refractivity contribution in [2.75, 3.05) is 19.6 Å². The van der Waals surface area contributed by atoms with Crippen molar-refractivity contribution in [3.8, 4) is 11.3 Å². The van der Waals surface area contributed by atoms with Crippen LogP contribution < -0.4 is 10.6 Å². The molecule has 1 fully saturated rings. The molecule has 3 rings (SSSR count). The third kappa shape index (κ3) is 6.43. The fraction of sp³-hybridized carbons (Fsp3) is 0.474. The molecule has 5 nitrogen and oxygen atoms in total. The first-order valence-electron chi connectivity index (χ1n) is 8.83. The number of amides is 1. The summed E-state index contributed by atoms with van der Waals surface area (Å²) in [6.45, 7) is 4.80. The number of carbonyl (C=O) groups excluding carboxylic acids is 1. The van der Waals surface area contributed by atoms with Gasteiger partial charge >= 0.3 is 0 Å². The molecule has 9 heteroatoms. The van der Waals surface area contributed by atoms with Crippen LogP contribution in [0, 0.1) is 17.0 Å². The molecular formula is C19H25Cl2F2N3O2. The first-order valence-corrected chi connectivity index (χ1v) is 8.83. The van der Waals surface area contributed by atoms with E-state index in [1.807, 2.05) is 0 Å². The van der Waals surface area contributed by atoms with Gasteiger partial charge in [0, 0.05) is 25.5 Å². The van der Waals surface area contributed by atoms with Crippen molar-refractivity contribution in [2.45, 2.75) is 32.6 Å². The van der Waals surface area contributed by atoms with Crippen molar-refractivity contribution in [3.63, 3.8) is 0 Å². The average molecular weight is 436 g/mol. The van der Waals surface area contributed by atoms with Gasteiger partial charge in [-0.2, -0.15) is 0 Å². The fourth-order valence-corrected chi connectivity index (χ4v) is 3.07. The van der Waals surface area contributed by atoms with Crippen LogP contribution in [-0.4, -0.2) is 30.5 Å². The topological polar surface area (TPSA) is 67.2 Å². The van der Waals surface area contributed by atoms with E-state index >= 15 is 0 Å². The van der Waals surface area contributed by atoms with Crippen molar-refractivity contribution >= 4 is 30.7 Å².